The molecule has 0 fully saturated rings. The lowest BCUT2D eigenvalue weighted by atomic mass is 9.93. The zero-order valence-electron chi connectivity index (χ0n) is 33.2. The molecule has 0 amide bonds. The van der Waals surface area contributed by atoms with Gasteiger partial charge >= 0.3 is 0 Å². The number of hydrogen-bond acceptors (Lipinski definition) is 2. The Hall–Kier alpha value is -8.14. The summed E-state index contributed by atoms with van der Waals surface area (Å²) in [5.41, 5.74) is 15.7. The Morgan fingerprint density at radius 3 is 1.61 bits per heavy atom. The molecule has 3 nitrogen and oxygen atoms in total. The van der Waals surface area contributed by atoms with Gasteiger partial charge in [-0.05, 0) is 117 Å². The summed E-state index contributed by atoms with van der Waals surface area (Å²) in [6, 6.07) is 82.9. The summed E-state index contributed by atoms with van der Waals surface area (Å²) in [5.74, 6) is 0. The number of benzene rings is 10. The van der Waals surface area contributed by atoms with Gasteiger partial charge in [0.25, 0.3) is 0 Å². The van der Waals surface area contributed by atoms with Crippen molar-refractivity contribution in [1.82, 2.24) is 4.57 Å². The fourth-order valence-corrected chi connectivity index (χ4v) is 9.31. The van der Waals surface area contributed by atoms with E-state index in [1.165, 1.54) is 66.0 Å². The number of para-hydroxylation sites is 2. The third kappa shape index (κ3) is 5.90. The lowest BCUT2D eigenvalue weighted by Crippen LogP contribution is -2.10. The van der Waals surface area contributed by atoms with Crippen LogP contribution in [0.2, 0.25) is 0 Å². The van der Waals surface area contributed by atoms with E-state index in [1.807, 2.05) is 12.1 Å². The first-order valence-corrected chi connectivity index (χ1v) is 20.8. The average Bonchev–Trinajstić information content (AvgIpc) is 3.88. The molecule has 0 radical (unpaired) electrons. The molecule has 12 rings (SSSR count). The minimum atomic E-state index is 0.880. The van der Waals surface area contributed by atoms with E-state index in [9.17, 15) is 0 Å². The van der Waals surface area contributed by atoms with Crippen molar-refractivity contribution in [3.8, 4) is 39.1 Å². The number of aromatic nitrogens is 1. The molecule has 10 aromatic carbocycles. The fourth-order valence-electron chi connectivity index (χ4n) is 9.31. The summed E-state index contributed by atoms with van der Waals surface area (Å²) in [5, 5.41) is 7.21. The van der Waals surface area contributed by atoms with Crippen LogP contribution >= 0.6 is 0 Å². The molecule has 2 heterocycles. The highest BCUT2D eigenvalue weighted by Gasteiger charge is 2.20. The van der Waals surface area contributed by atoms with Crippen molar-refractivity contribution in [3.63, 3.8) is 0 Å². The van der Waals surface area contributed by atoms with Crippen molar-refractivity contribution < 1.29 is 4.42 Å². The van der Waals surface area contributed by atoms with E-state index in [0.717, 1.165) is 44.7 Å². The van der Waals surface area contributed by atoms with E-state index >= 15 is 0 Å². The Kier molecular flexibility index (Phi) is 8.17. The molecule has 0 aliphatic rings. The Morgan fingerprint density at radius 1 is 0.328 bits per heavy atom. The third-order valence-electron chi connectivity index (χ3n) is 12.2. The van der Waals surface area contributed by atoms with Crippen molar-refractivity contribution in [2.75, 3.05) is 4.90 Å². The summed E-state index contributed by atoms with van der Waals surface area (Å²) in [6.07, 6.45) is 0. The Bertz CT molecular complexity index is 3550. The summed E-state index contributed by atoms with van der Waals surface area (Å²) in [6.45, 7) is 0. The standard InChI is InChI=1S/C58H38N2O/c1-3-12-39(13-4-1)41-22-24-43(25-23-41)49-19-11-16-44-28-36-54-58(57(44)49)51-18-7-9-20-53(51)60(54)47-33-31-46(32-34-47)59(45-29-26-42(27-30-45)40-14-5-2-6-15-40)48-35-37-56-52(38-48)50-17-8-10-21-55(50)61-56/h1-38H. The molecular weight excluding hydrogens is 741 g/mol. The Morgan fingerprint density at radius 2 is 0.885 bits per heavy atom. The normalized spacial score (nSPS) is 11.6. The van der Waals surface area contributed by atoms with E-state index in [0.29, 0.717) is 0 Å². The van der Waals surface area contributed by atoms with Crippen molar-refractivity contribution >= 4 is 71.6 Å². The molecule has 0 aliphatic heterocycles. The van der Waals surface area contributed by atoms with Gasteiger partial charge in [0.2, 0.25) is 0 Å². The summed E-state index contributed by atoms with van der Waals surface area (Å²) >= 11 is 0. The number of nitrogens with zero attached hydrogens (tertiary/aromatic N) is 2. The highest BCUT2D eigenvalue weighted by Crippen LogP contribution is 2.43. The number of hydrogen-bond donors (Lipinski definition) is 0. The van der Waals surface area contributed by atoms with Gasteiger partial charge in [-0.25, -0.2) is 0 Å². The van der Waals surface area contributed by atoms with Crippen LogP contribution in [0.3, 0.4) is 0 Å². The number of anilines is 3. The molecule has 0 atom stereocenters. The summed E-state index contributed by atoms with van der Waals surface area (Å²) in [4.78, 5) is 2.34. The first-order valence-electron chi connectivity index (χ1n) is 20.8. The second kappa shape index (κ2) is 14.3. The zero-order valence-corrected chi connectivity index (χ0v) is 33.2. The molecule has 3 heteroatoms. The van der Waals surface area contributed by atoms with E-state index in [4.69, 9.17) is 4.42 Å². The lowest BCUT2D eigenvalue weighted by Gasteiger charge is -2.26. The molecule has 286 valence electrons. The summed E-state index contributed by atoms with van der Waals surface area (Å²) < 4.78 is 8.67. The van der Waals surface area contributed by atoms with E-state index in [-0.39, 0.29) is 0 Å². The van der Waals surface area contributed by atoms with Gasteiger partial charge in [0.05, 0.1) is 11.0 Å². The van der Waals surface area contributed by atoms with Crippen LogP contribution in [0.4, 0.5) is 17.1 Å². The highest BCUT2D eigenvalue weighted by molar-refractivity contribution is 6.25. The van der Waals surface area contributed by atoms with Gasteiger partial charge in [0.1, 0.15) is 11.2 Å². The molecule has 0 saturated carbocycles. The maximum Gasteiger partial charge on any atom is 0.135 e. The number of furan rings is 1. The predicted octanol–water partition coefficient (Wildman–Crippen LogP) is 16.3. The van der Waals surface area contributed by atoms with Crippen LogP contribution in [-0.2, 0) is 0 Å². The molecule has 61 heavy (non-hydrogen) atoms. The van der Waals surface area contributed by atoms with E-state index in [1.54, 1.807) is 0 Å². The molecule has 0 unspecified atom stereocenters. The third-order valence-corrected chi connectivity index (χ3v) is 12.2. The molecule has 0 N–H and O–H groups in total. The van der Waals surface area contributed by atoms with Gasteiger partial charge in [-0.15, -0.1) is 0 Å². The zero-order chi connectivity index (χ0) is 40.3. The maximum absolute atomic E-state index is 6.25. The second-order valence-electron chi connectivity index (χ2n) is 15.7. The molecule has 0 saturated heterocycles. The monoisotopic (exact) mass is 778 g/mol. The van der Waals surface area contributed by atoms with Crippen LogP contribution in [0.5, 0.6) is 0 Å². The van der Waals surface area contributed by atoms with Crippen LogP contribution in [-0.4, -0.2) is 4.57 Å². The van der Waals surface area contributed by atoms with Crippen LogP contribution in [0.15, 0.2) is 235 Å². The lowest BCUT2D eigenvalue weighted by molar-refractivity contribution is 0.669. The molecule has 0 aliphatic carbocycles. The number of rotatable bonds is 7. The largest absolute Gasteiger partial charge is 0.456 e. The van der Waals surface area contributed by atoms with Gasteiger partial charge in [-0.3, -0.25) is 0 Å². The Labute approximate surface area is 353 Å². The molecule has 12 aromatic rings. The van der Waals surface area contributed by atoms with Crippen molar-refractivity contribution in [2.24, 2.45) is 0 Å². The average molecular weight is 779 g/mol. The van der Waals surface area contributed by atoms with Crippen molar-refractivity contribution in [2.45, 2.75) is 0 Å². The fraction of sp³-hybridized carbons (Fsp3) is 0. The van der Waals surface area contributed by atoms with E-state index < -0.39 is 0 Å². The summed E-state index contributed by atoms with van der Waals surface area (Å²) in [7, 11) is 0. The minimum absolute atomic E-state index is 0.880. The molecule has 0 spiro atoms. The molecule has 0 bridgehead atoms. The van der Waals surface area contributed by atoms with E-state index in [2.05, 4.69) is 228 Å². The minimum Gasteiger partial charge on any atom is -0.456 e. The van der Waals surface area contributed by atoms with Crippen LogP contribution in [0.1, 0.15) is 0 Å². The first-order chi connectivity index (χ1) is 30.2. The first kappa shape index (κ1) is 34.9. The molecule has 2 aromatic heterocycles. The van der Waals surface area contributed by atoms with Gasteiger partial charge in [-0.2, -0.15) is 0 Å². The maximum atomic E-state index is 6.25. The highest BCUT2D eigenvalue weighted by atomic mass is 16.3. The van der Waals surface area contributed by atoms with Gasteiger partial charge in [-0.1, -0.05) is 158 Å². The van der Waals surface area contributed by atoms with Crippen LogP contribution in [0.25, 0.3) is 93.6 Å². The SMILES string of the molecule is c1ccc(-c2ccc(-c3cccc4ccc5c(c6ccccc6n5-c5ccc(N(c6ccc(-c7ccccc7)cc6)c6ccc7oc8ccccc8c7c6)cc5)c34)cc2)cc1. The van der Waals surface area contributed by atoms with Crippen molar-refractivity contribution in [3.05, 3.63) is 231 Å². The van der Waals surface area contributed by atoms with Crippen molar-refractivity contribution in [1.29, 1.82) is 0 Å². The quantitative estimate of drug-likeness (QED) is 0.161. The van der Waals surface area contributed by atoms with Crippen LogP contribution < -0.4 is 4.90 Å². The van der Waals surface area contributed by atoms with Crippen LogP contribution in [0, 0.1) is 0 Å². The smallest absolute Gasteiger partial charge is 0.135 e. The predicted molar refractivity (Wildman–Crippen MR) is 257 cm³/mol. The van der Waals surface area contributed by atoms with Gasteiger partial charge in [0.15, 0.2) is 0 Å². The molecular formula is C58H38N2O. The second-order valence-corrected chi connectivity index (χ2v) is 15.7. The Balaban J connectivity index is 0.995. The number of fused-ring (bicyclic) bond motifs is 8. The van der Waals surface area contributed by atoms with Gasteiger partial charge in [0, 0.05) is 44.3 Å². The topological polar surface area (TPSA) is 21.3 Å². The van der Waals surface area contributed by atoms with Gasteiger partial charge < -0.3 is 13.9 Å².